The molecule has 0 bridgehead atoms. The largest absolute Gasteiger partial charge is 0.507 e. The van der Waals surface area contributed by atoms with Crippen LogP contribution < -0.4 is 19.6 Å². The number of aliphatic hydroxyl groups is 2. The highest BCUT2D eigenvalue weighted by Crippen LogP contribution is 2.41. The van der Waals surface area contributed by atoms with Crippen molar-refractivity contribution in [1.29, 1.82) is 0 Å². The number of hydrogen-bond donors (Lipinski definition) is 3. The number of phenols is 1. The highest BCUT2D eigenvalue weighted by atomic mass is 16.5. The fraction of sp³-hybridized carbons (Fsp3) is 0.553. The maximum absolute atomic E-state index is 14.4. The number of rotatable bonds is 19. The monoisotopic (exact) mass is 668 g/mol. The van der Waals surface area contributed by atoms with Crippen LogP contribution in [-0.2, 0) is 12.8 Å². The Hall–Kier alpha value is -3.57. The van der Waals surface area contributed by atoms with E-state index in [1.165, 1.54) is 7.11 Å². The summed E-state index contributed by atoms with van der Waals surface area (Å²) in [6.07, 6.45) is 3.10. The van der Waals surface area contributed by atoms with Crippen molar-refractivity contribution in [2.24, 2.45) is 0 Å². The van der Waals surface area contributed by atoms with E-state index in [-0.39, 0.29) is 40.9 Å². The zero-order valence-electron chi connectivity index (χ0n) is 30.3. The number of aromatic hydroxyl groups is 1. The van der Waals surface area contributed by atoms with Crippen molar-refractivity contribution >= 4 is 21.9 Å². The number of methoxy groups -OCH3 is 1. The smallest absolute Gasteiger partial charge is 0.204 e. The van der Waals surface area contributed by atoms with Gasteiger partial charge in [-0.15, -0.1) is 0 Å². The van der Waals surface area contributed by atoms with E-state index in [4.69, 9.17) is 18.6 Å². The van der Waals surface area contributed by atoms with Gasteiger partial charge in [-0.2, -0.15) is 0 Å². The minimum atomic E-state index is -0.760. The number of phenolic OH excluding ortho intramolecular Hbond substituents is 1. The van der Waals surface area contributed by atoms with Gasteiger partial charge in [-0.25, -0.2) is 0 Å². The van der Waals surface area contributed by atoms with Crippen LogP contribution in [0.4, 0.5) is 0 Å². The third-order valence-electron chi connectivity index (χ3n) is 8.53. The van der Waals surface area contributed by atoms with Crippen molar-refractivity contribution in [3.8, 4) is 23.0 Å². The van der Waals surface area contributed by atoms with Crippen LogP contribution >= 0.6 is 0 Å². The van der Waals surface area contributed by atoms with Gasteiger partial charge in [0.15, 0.2) is 11.5 Å². The minimum Gasteiger partial charge on any atom is -0.507 e. The molecule has 48 heavy (non-hydrogen) atoms. The maximum Gasteiger partial charge on any atom is 0.204 e. The van der Waals surface area contributed by atoms with Gasteiger partial charge in [0.05, 0.1) is 12.5 Å². The lowest BCUT2D eigenvalue weighted by molar-refractivity contribution is 0.0705. The molecular formula is C38H56N2O8. The van der Waals surface area contributed by atoms with Crippen LogP contribution in [0.3, 0.4) is 0 Å². The Morgan fingerprint density at radius 2 is 1.23 bits per heavy atom. The predicted molar refractivity (Wildman–Crippen MR) is 193 cm³/mol. The second kappa shape index (κ2) is 18.3. The van der Waals surface area contributed by atoms with Gasteiger partial charge in [0.2, 0.25) is 5.43 Å². The lowest BCUT2D eigenvalue weighted by atomic mass is 9.98. The molecule has 2 unspecified atom stereocenters. The average Bonchev–Trinajstić information content (AvgIpc) is 3.05. The Labute approximate surface area is 285 Å². The molecule has 266 valence electrons. The summed E-state index contributed by atoms with van der Waals surface area (Å²) >= 11 is 0. The molecule has 2 atom stereocenters. The molecule has 10 nitrogen and oxygen atoms in total. The summed E-state index contributed by atoms with van der Waals surface area (Å²) in [4.78, 5) is 18.6. The molecule has 0 saturated carbocycles. The summed E-state index contributed by atoms with van der Waals surface area (Å²) in [6, 6.07) is 3.22. The molecule has 0 spiro atoms. The lowest BCUT2D eigenvalue weighted by Crippen LogP contribution is -2.35. The molecular weight excluding hydrogens is 612 g/mol. The van der Waals surface area contributed by atoms with Crippen molar-refractivity contribution in [2.75, 3.05) is 59.6 Å². The number of likely N-dealkylation sites (N-methyl/N-ethyl adjacent to an activating group) is 2. The molecule has 10 heteroatoms. The first-order valence-corrected chi connectivity index (χ1v) is 17.1. The fourth-order valence-corrected chi connectivity index (χ4v) is 5.70. The Balaban J connectivity index is 2.23. The van der Waals surface area contributed by atoms with E-state index in [1.54, 1.807) is 12.1 Å². The summed E-state index contributed by atoms with van der Waals surface area (Å²) in [5.41, 5.74) is 3.08. The second-order valence-corrected chi connectivity index (χ2v) is 12.6. The summed E-state index contributed by atoms with van der Waals surface area (Å²) < 4.78 is 24.4. The van der Waals surface area contributed by atoms with Crippen molar-refractivity contribution in [1.82, 2.24) is 9.80 Å². The average molecular weight is 669 g/mol. The first kappa shape index (κ1) is 38.9. The first-order chi connectivity index (χ1) is 22.9. The van der Waals surface area contributed by atoms with E-state index in [0.717, 1.165) is 37.3 Å². The maximum atomic E-state index is 14.4. The highest BCUT2D eigenvalue weighted by Gasteiger charge is 2.25. The number of allylic oxidation sites excluding steroid dienone is 4. The molecule has 3 aromatic rings. The molecule has 2 aromatic carbocycles. The summed E-state index contributed by atoms with van der Waals surface area (Å²) in [5, 5.41) is 33.4. The number of fused-ring (bicyclic) bond motifs is 2. The van der Waals surface area contributed by atoms with Gasteiger partial charge in [0.25, 0.3) is 0 Å². The number of benzene rings is 2. The Morgan fingerprint density at radius 1 is 0.771 bits per heavy atom. The second-order valence-electron chi connectivity index (χ2n) is 12.6. The fourth-order valence-electron chi connectivity index (χ4n) is 5.70. The van der Waals surface area contributed by atoms with Crippen molar-refractivity contribution < 1.29 is 33.9 Å². The Morgan fingerprint density at radius 3 is 1.71 bits per heavy atom. The first-order valence-electron chi connectivity index (χ1n) is 17.1. The zero-order chi connectivity index (χ0) is 35.5. The molecule has 1 aromatic heterocycles. The lowest BCUT2D eigenvalue weighted by Gasteiger charge is -2.23. The van der Waals surface area contributed by atoms with Crippen LogP contribution in [0.5, 0.6) is 23.0 Å². The van der Waals surface area contributed by atoms with E-state index in [0.29, 0.717) is 54.3 Å². The molecule has 0 aliphatic carbocycles. The van der Waals surface area contributed by atoms with Gasteiger partial charge in [-0.3, -0.25) is 4.79 Å². The molecule has 3 N–H and O–H groups in total. The molecule has 0 saturated heterocycles. The molecule has 1 heterocycles. The van der Waals surface area contributed by atoms with E-state index in [9.17, 15) is 20.1 Å². The highest BCUT2D eigenvalue weighted by molar-refractivity contribution is 5.98. The number of aliphatic hydroxyl groups excluding tert-OH is 2. The molecule has 0 fully saturated rings. The molecule has 0 amide bonds. The van der Waals surface area contributed by atoms with Crippen LogP contribution in [0, 0.1) is 0 Å². The number of nitrogens with zero attached hydrogens (tertiary/aromatic N) is 2. The van der Waals surface area contributed by atoms with E-state index >= 15 is 0 Å². The minimum absolute atomic E-state index is 0.00105. The van der Waals surface area contributed by atoms with Gasteiger partial charge in [-0.1, -0.05) is 51.0 Å². The van der Waals surface area contributed by atoms with Gasteiger partial charge in [0, 0.05) is 36.3 Å². The van der Waals surface area contributed by atoms with Crippen molar-refractivity contribution in [3.05, 3.63) is 56.8 Å². The Kier molecular flexibility index (Phi) is 14.8. The van der Waals surface area contributed by atoms with Crippen LogP contribution in [-0.4, -0.2) is 96.9 Å². The standard InChI is InChI=1S/C38H56N2O8/c1-10-39(11-2)20-26(41)22-46-30-18-32-35(36(43)28(30)16-14-24(5)6)37(44)34-29(17-15-25(7)8)38(45-9)33(19-31(34)48-32)47-23-27(42)21-40(12-3)13-4/h14-15,18-19,26-27,41-43H,10-13,16-17,20-23H2,1-9H3. The predicted octanol–water partition coefficient (Wildman–Crippen LogP) is 5.84. The van der Waals surface area contributed by atoms with Gasteiger partial charge < -0.3 is 43.7 Å². The quantitative estimate of drug-likeness (QED) is 0.106. The summed E-state index contributed by atoms with van der Waals surface area (Å²) in [5.74, 6) is 0.811. The zero-order valence-corrected chi connectivity index (χ0v) is 30.3. The number of hydrogen-bond acceptors (Lipinski definition) is 10. The normalized spacial score (nSPS) is 12.9. The third kappa shape index (κ3) is 9.75. The van der Waals surface area contributed by atoms with Gasteiger partial charge in [0.1, 0.15) is 53.5 Å². The van der Waals surface area contributed by atoms with Crippen LogP contribution in [0.2, 0.25) is 0 Å². The number of ether oxygens (including phenoxy) is 3. The van der Waals surface area contributed by atoms with Gasteiger partial charge >= 0.3 is 0 Å². The van der Waals surface area contributed by atoms with E-state index in [1.807, 2.05) is 67.5 Å². The summed E-state index contributed by atoms with van der Waals surface area (Å²) in [6.45, 7) is 20.1. The third-order valence-corrected chi connectivity index (χ3v) is 8.53. The molecule has 3 rings (SSSR count). The van der Waals surface area contributed by atoms with Crippen LogP contribution in [0.25, 0.3) is 21.9 Å². The van der Waals surface area contributed by atoms with Crippen molar-refractivity contribution in [2.45, 2.75) is 80.4 Å². The van der Waals surface area contributed by atoms with Crippen LogP contribution in [0.15, 0.2) is 44.6 Å². The van der Waals surface area contributed by atoms with E-state index in [2.05, 4.69) is 9.80 Å². The van der Waals surface area contributed by atoms with Crippen molar-refractivity contribution in [3.63, 3.8) is 0 Å². The Bertz CT molecular complexity index is 1630. The SMILES string of the molecule is CCN(CC)CC(O)COc1cc2oc3cc(OCC(O)CN(CC)CC)c(OC)c(CC=C(C)C)c3c(=O)c2c(O)c1CC=C(C)C. The van der Waals surface area contributed by atoms with Crippen LogP contribution in [0.1, 0.15) is 66.5 Å². The molecule has 0 radical (unpaired) electrons. The van der Waals surface area contributed by atoms with E-state index < -0.39 is 17.6 Å². The molecule has 0 aliphatic rings. The van der Waals surface area contributed by atoms with Gasteiger partial charge in [-0.05, 0) is 66.7 Å². The topological polar surface area (TPSA) is 125 Å². The summed E-state index contributed by atoms with van der Waals surface area (Å²) in [7, 11) is 1.52. The molecule has 0 aliphatic heterocycles.